The Bertz CT molecular complexity index is 1010. The molecule has 1 atom stereocenters. The van der Waals surface area contributed by atoms with E-state index >= 15 is 0 Å². The summed E-state index contributed by atoms with van der Waals surface area (Å²) in [5.41, 5.74) is 1.40. The average molecular weight is 431 g/mol. The minimum atomic E-state index is -3.85. The Hall–Kier alpha value is -2.71. The number of carbonyl (C=O) groups is 2. The summed E-state index contributed by atoms with van der Waals surface area (Å²) in [5.74, 6) is 0.579. The number of ketones is 1. The van der Waals surface area contributed by atoms with Gasteiger partial charge in [0.05, 0.1) is 24.6 Å². The quantitative estimate of drug-likeness (QED) is 0.618. The van der Waals surface area contributed by atoms with Gasteiger partial charge in [-0.3, -0.25) is 9.59 Å². The van der Waals surface area contributed by atoms with Gasteiger partial charge in [0, 0.05) is 12.6 Å². The number of Topliss-reactive ketones (excluding diaryl/α,β-unsaturated/α-hetero) is 1. The first-order valence-electron chi connectivity index (χ1n) is 9.73. The molecular formula is C22H26N2O5S. The molecule has 30 heavy (non-hydrogen) atoms. The van der Waals surface area contributed by atoms with Gasteiger partial charge in [0.2, 0.25) is 15.9 Å². The summed E-state index contributed by atoms with van der Waals surface area (Å²) in [5, 5.41) is 2.98. The van der Waals surface area contributed by atoms with Gasteiger partial charge < -0.3 is 10.1 Å². The van der Waals surface area contributed by atoms with Crippen LogP contribution in [0.15, 0.2) is 53.4 Å². The molecular weight excluding hydrogens is 404 g/mol. The van der Waals surface area contributed by atoms with E-state index in [4.69, 9.17) is 4.74 Å². The molecule has 0 radical (unpaired) electrons. The van der Waals surface area contributed by atoms with Crippen LogP contribution in [-0.4, -0.2) is 45.1 Å². The van der Waals surface area contributed by atoms with Gasteiger partial charge in [0.25, 0.3) is 0 Å². The first kappa shape index (κ1) is 22.0. The number of amides is 1. The number of rotatable bonds is 9. The molecule has 0 aliphatic heterocycles. The van der Waals surface area contributed by atoms with Crippen LogP contribution in [0, 0.1) is 5.92 Å². The SMILES string of the molecule is COc1ccc(C(NC(=O)CN(C)S(=O)(=O)c2ccc(C(C)=O)cc2)C2CC2)cc1. The van der Waals surface area contributed by atoms with Gasteiger partial charge in [0.15, 0.2) is 5.78 Å². The summed E-state index contributed by atoms with van der Waals surface area (Å²) in [6.45, 7) is 1.12. The van der Waals surface area contributed by atoms with Crippen molar-refractivity contribution in [3.8, 4) is 5.75 Å². The van der Waals surface area contributed by atoms with Crippen LogP contribution in [0.5, 0.6) is 5.75 Å². The number of nitrogens with one attached hydrogen (secondary N) is 1. The third-order valence-electron chi connectivity index (χ3n) is 5.22. The number of nitrogens with zero attached hydrogens (tertiary/aromatic N) is 1. The second-order valence-electron chi connectivity index (χ2n) is 7.50. The van der Waals surface area contributed by atoms with Crippen LogP contribution in [0.4, 0.5) is 0 Å². The van der Waals surface area contributed by atoms with Crippen molar-refractivity contribution >= 4 is 21.7 Å². The Morgan fingerprint density at radius 2 is 1.70 bits per heavy atom. The monoisotopic (exact) mass is 430 g/mol. The topological polar surface area (TPSA) is 92.8 Å². The number of ether oxygens (including phenoxy) is 1. The normalized spacial score (nSPS) is 14.9. The zero-order chi connectivity index (χ0) is 21.9. The van der Waals surface area contributed by atoms with Gasteiger partial charge in [0.1, 0.15) is 5.75 Å². The van der Waals surface area contributed by atoms with Crippen molar-refractivity contribution in [1.29, 1.82) is 0 Å². The fourth-order valence-corrected chi connectivity index (χ4v) is 4.39. The molecule has 0 saturated heterocycles. The van der Waals surface area contributed by atoms with Crippen LogP contribution in [0.3, 0.4) is 0 Å². The Morgan fingerprint density at radius 1 is 1.10 bits per heavy atom. The molecule has 0 heterocycles. The van der Waals surface area contributed by atoms with Gasteiger partial charge in [-0.05, 0) is 55.5 Å². The van der Waals surface area contributed by atoms with Gasteiger partial charge in [-0.15, -0.1) is 0 Å². The number of carbonyl (C=O) groups excluding carboxylic acids is 2. The summed E-state index contributed by atoms with van der Waals surface area (Å²) < 4.78 is 31.7. The first-order chi connectivity index (χ1) is 14.2. The third-order valence-corrected chi connectivity index (χ3v) is 7.04. The van der Waals surface area contributed by atoms with Crippen molar-refractivity contribution in [3.63, 3.8) is 0 Å². The number of sulfonamides is 1. The van der Waals surface area contributed by atoms with Crippen molar-refractivity contribution in [1.82, 2.24) is 9.62 Å². The maximum Gasteiger partial charge on any atom is 0.243 e. The van der Waals surface area contributed by atoms with E-state index in [1.54, 1.807) is 7.11 Å². The second kappa shape index (κ2) is 8.97. The van der Waals surface area contributed by atoms with Crippen molar-refractivity contribution in [2.45, 2.75) is 30.7 Å². The van der Waals surface area contributed by atoms with Crippen molar-refractivity contribution in [3.05, 3.63) is 59.7 Å². The molecule has 0 bridgehead atoms. The van der Waals surface area contributed by atoms with Crippen LogP contribution in [-0.2, 0) is 14.8 Å². The van der Waals surface area contributed by atoms with E-state index < -0.39 is 10.0 Å². The Morgan fingerprint density at radius 3 is 2.20 bits per heavy atom. The first-order valence-corrected chi connectivity index (χ1v) is 11.2. The van der Waals surface area contributed by atoms with Crippen molar-refractivity contribution in [2.75, 3.05) is 20.7 Å². The molecule has 1 saturated carbocycles. The molecule has 160 valence electrons. The van der Waals surface area contributed by atoms with Crippen molar-refractivity contribution in [2.24, 2.45) is 5.92 Å². The van der Waals surface area contributed by atoms with Crippen LogP contribution in [0.25, 0.3) is 0 Å². The van der Waals surface area contributed by atoms with E-state index in [-0.39, 0.29) is 29.2 Å². The highest BCUT2D eigenvalue weighted by Crippen LogP contribution is 2.41. The molecule has 0 aromatic heterocycles. The fourth-order valence-electron chi connectivity index (χ4n) is 3.26. The fraction of sp³-hybridized carbons (Fsp3) is 0.364. The van der Waals surface area contributed by atoms with Crippen LogP contribution in [0.1, 0.15) is 41.7 Å². The third kappa shape index (κ3) is 5.06. The molecule has 1 aliphatic carbocycles. The molecule has 8 heteroatoms. The Kier molecular flexibility index (Phi) is 6.58. The second-order valence-corrected chi connectivity index (χ2v) is 9.54. The lowest BCUT2D eigenvalue weighted by atomic mass is 10.0. The molecule has 2 aromatic rings. The highest BCUT2D eigenvalue weighted by Gasteiger charge is 2.34. The van der Waals surface area contributed by atoms with E-state index in [0.29, 0.717) is 11.5 Å². The van der Waals surface area contributed by atoms with Crippen LogP contribution < -0.4 is 10.1 Å². The summed E-state index contributed by atoms with van der Waals surface area (Å²) >= 11 is 0. The van der Waals surface area contributed by atoms with Gasteiger partial charge >= 0.3 is 0 Å². The number of methoxy groups -OCH3 is 1. The molecule has 2 aromatic carbocycles. The largest absolute Gasteiger partial charge is 0.497 e. The highest BCUT2D eigenvalue weighted by molar-refractivity contribution is 7.89. The predicted molar refractivity (Wildman–Crippen MR) is 113 cm³/mol. The number of benzene rings is 2. The smallest absolute Gasteiger partial charge is 0.243 e. The summed E-state index contributed by atoms with van der Waals surface area (Å²) in [4.78, 5) is 24.0. The molecule has 1 N–H and O–H groups in total. The summed E-state index contributed by atoms with van der Waals surface area (Å²) in [6, 6.07) is 13.1. The zero-order valence-corrected chi connectivity index (χ0v) is 18.1. The molecule has 0 spiro atoms. The lowest BCUT2D eigenvalue weighted by Crippen LogP contribution is -2.40. The van der Waals surface area contributed by atoms with E-state index in [1.165, 1.54) is 38.2 Å². The van der Waals surface area contributed by atoms with Crippen LogP contribution in [0.2, 0.25) is 0 Å². The molecule has 1 aliphatic rings. The van der Waals surface area contributed by atoms with E-state index in [1.807, 2.05) is 24.3 Å². The van der Waals surface area contributed by atoms with E-state index in [0.717, 1.165) is 28.5 Å². The van der Waals surface area contributed by atoms with Crippen molar-refractivity contribution < 1.29 is 22.7 Å². The summed E-state index contributed by atoms with van der Waals surface area (Å²) in [7, 11) is -0.881. The zero-order valence-electron chi connectivity index (χ0n) is 17.3. The molecule has 1 fully saturated rings. The number of hydrogen-bond acceptors (Lipinski definition) is 5. The maximum absolute atomic E-state index is 12.8. The van der Waals surface area contributed by atoms with E-state index in [2.05, 4.69) is 5.32 Å². The Balaban J connectivity index is 1.68. The highest BCUT2D eigenvalue weighted by atomic mass is 32.2. The maximum atomic E-state index is 12.8. The Labute approximate surface area is 177 Å². The molecule has 1 amide bonds. The van der Waals surface area contributed by atoms with Crippen LogP contribution >= 0.6 is 0 Å². The molecule has 3 rings (SSSR count). The lowest BCUT2D eigenvalue weighted by molar-refractivity contribution is -0.122. The van der Waals surface area contributed by atoms with Gasteiger partial charge in [-0.2, -0.15) is 4.31 Å². The minimum absolute atomic E-state index is 0.0386. The molecule has 7 nitrogen and oxygen atoms in total. The standard InChI is InChI=1S/C22H26N2O5S/c1-15(25)16-8-12-20(13-9-16)30(27,28)24(2)14-21(26)23-22(17-4-5-17)18-6-10-19(29-3)11-7-18/h6-13,17,22H,4-5,14H2,1-3H3,(H,23,26). The average Bonchev–Trinajstić information content (AvgIpc) is 3.57. The minimum Gasteiger partial charge on any atom is -0.497 e. The molecule has 1 unspecified atom stereocenters. The predicted octanol–water partition coefficient (Wildman–Crippen LogP) is 2.79. The lowest BCUT2D eigenvalue weighted by Gasteiger charge is -2.22. The summed E-state index contributed by atoms with van der Waals surface area (Å²) in [6.07, 6.45) is 2.04. The van der Waals surface area contributed by atoms with Gasteiger partial charge in [-0.25, -0.2) is 8.42 Å². The number of likely N-dealkylation sites (N-methyl/N-ethyl adjacent to an activating group) is 1. The van der Waals surface area contributed by atoms with E-state index in [9.17, 15) is 18.0 Å². The van der Waals surface area contributed by atoms with Gasteiger partial charge in [-0.1, -0.05) is 24.3 Å². The number of hydrogen-bond donors (Lipinski definition) is 1.